The predicted molar refractivity (Wildman–Crippen MR) is 202 cm³/mol. The summed E-state index contributed by atoms with van der Waals surface area (Å²) in [5, 5.41) is 24.5. The first-order valence-corrected chi connectivity index (χ1v) is 18.3. The van der Waals surface area contributed by atoms with E-state index in [4.69, 9.17) is 21.3 Å². The van der Waals surface area contributed by atoms with Crippen LogP contribution in [0.1, 0.15) is 80.0 Å². The topological polar surface area (TPSA) is 136 Å². The molecule has 2 aromatic carbocycles. The molecule has 3 N–H and O–H groups in total. The quantitative estimate of drug-likeness (QED) is 0.0936. The summed E-state index contributed by atoms with van der Waals surface area (Å²) in [5.74, 6) is -3.74. The van der Waals surface area contributed by atoms with Crippen LogP contribution < -0.4 is 10.6 Å². The van der Waals surface area contributed by atoms with E-state index >= 15 is 8.78 Å². The van der Waals surface area contributed by atoms with E-state index in [1.807, 2.05) is 0 Å². The molecule has 0 aliphatic heterocycles. The van der Waals surface area contributed by atoms with Crippen LogP contribution in [-0.2, 0) is 40.3 Å². The van der Waals surface area contributed by atoms with E-state index in [0.717, 1.165) is 12.1 Å². The summed E-state index contributed by atoms with van der Waals surface area (Å²) >= 11 is 6.66. The van der Waals surface area contributed by atoms with Crippen LogP contribution in [0.3, 0.4) is 0 Å². The third-order valence-corrected chi connectivity index (χ3v) is 10.1. The van der Waals surface area contributed by atoms with Crippen molar-refractivity contribution in [1.82, 2.24) is 29.9 Å². The van der Waals surface area contributed by atoms with E-state index in [-0.39, 0.29) is 46.4 Å². The van der Waals surface area contributed by atoms with E-state index in [1.165, 1.54) is 51.6 Å². The molecule has 0 saturated heterocycles. The molecule has 0 spiro atoms. The Balaban J connectivity index is 1.53. The smallest absolute Gasteiger partial charge is 0.292 e. The van der Waals surface area contributed by atoms with Gasteiger partial charge >= 0.3 is 0 Å². The number of hydrogen-bond donors (Lipinski definition) is 3. The normalized spacial score (nSPS) is 16.6. The van der Waals surface area contributed by atoms with E-state index in [2.05, 4.69) is 32.7 Å². The molecular formula is C40H38ClF6N7O4. The molecule has 3 aromatic heterocycles. The number of benzene rings is 2. The van der Waals surface area contributed by atoms with Gasteiger partial charge in [0.1, 0.15) is 47.5 Å². The molecule has 1 aliphatic carbocycles. The molecule has 5 aromatic rings. The summed E-state index contributed by atoms with van der Waals surface area (Å²) in [6.07, 6.45) is -3.53. The van der Waals surface area contributed by atoms with Gasteiger partial charge in [0, 0.05) is 42.8 Å². The highest BCUT2D eigenvalue weighted by atomic mass is 35.5. The second kappa shape index (κ2) is 16.1. The molecule has 0 bridgehead atoms. The van der Waals surface area contributed by atoms with Gasteiger partial charge < -0.3 is 20.5 Å². The van der Waals surface area contributed by atoms with Gasteiger partial charge in [-0.3, -0.25) is 19.0 Å². The lowest BCUT2D eigenvalue weighted by Gasteiger charge is -2.23. The lowest BCUT2D eigenvalue weighted by Crippen LogP contribution is -2.35. The number of aromatic nitrogens is 5. The van der Waals surface area contributed by atoms with Crippen LogP contribution in [0, 0.1) is 29.4 Å². The SMILES string of the molecule is COCC(=O)Nc1nn(C)c2c(-c3ccc(C#CC(C)(C)O)nc3[C@H](Cc3cc(F)cc(F)c3)NC(=O)Cn3nc(C(F)F)c4c3C(F)(F)[C@H](C)[C@@H]4C)ccc(Cl)c12. The molecule has 1 aliphatic rings. The fraction of sp³-hybridized carbons (Fsp3) is 0.375. The molecule has 3 atom stereocenters. The lowest BCUT2D eigenvalue weighted by atomic mass is 9.93. The van der Waals surface area contributed by atoms with E-state index in [1.54, 1.807) is 19.2 Å². The summed E-state index contributed by atoms with van der Waals surface area (Å²) in [6, 6.07) is 7.71. The Morgan fingerprint density at radius 1 is 1.03 bits per heavy atom. The van der Waals surface area contributed by atoms with E-state index in [9.17, 15) is 32.3 Å². The highest BCUT2D eigenvalue weighted by Crippen LogP contribution is 2.54. The Morgan fingerprint density at radius 3 is 2.34 bits per heavy atom. The van der Waals surface area contributed by atoms with Crippen molar-refractivity contribution in [3.05, 3.63) is 93.0 Å². The number of hydrogen-bond acceptors (Lipinski definition) is 7. The average molecular weight is 830 g/mol. The number of carbonyl (C=O) groups is 2. The molecule has 2 amide bonds. The van der Waals surface area contributed by atoms with Gasteiger partial charge in [0.2, 0.25) is 5.91 Å². The Morgan fingerprint density at radius 2 is 1.71 bits per heavy atom. The van der Waals surface area contributed by atoms with Crippen LogP contribution in [0.15, 0.2) is 42.5 Å². The van der Waals surface area contributed by atoms with Gasteiger partial charge in [0.05, 0.1) is 27.7 Å². The summed E-state index contributed by atoms with van der Waals surface area (Å²) < 4.78 is 95.6. The first kappa shape index (κ1) is 42.2. The maximum atomic E-state index is 15.6. The summed E-state index contributed by atoms with van der Waals surface area (Å²) in [7, 11) is 2.93. The van der Waals surface area contributed by atoms with Gasteiger partial charge in [-0.2, -0.15) is 19.0 Å². The monoisotopic (exact) mass is 829 g/mol. The Labute approximate surface area is 333 Å². The Bertz CT molecular complexity index is 2470. The number of aliphatic hydroxyl groups is 1. The van der Waals surface area contributed by atoms with Gasteiger partial charge in [0.15, 0.2) is 5.82 Å². The van der Waals surface area contributed by atoms with Crippen LogP contribution in [-0.4, -0.2) is 60.8 Å². The number of pyridine rings is 1. The third kappa shape index (κ3) is 8.40. The number of nitrogens with zero attached hydrogens (tertiary/aromatic N) is 5. The molecule has 306 valence electrons. The second-order valence-electron chi connectivity index (χ2n) is 14.6. The van der Waals surface area contributed by atoms with Gasteiger partial charge in [0.25, 0.3) is 18.3 Å². The number of aryl methyl sites for hydroxylation is 1. The first-order chi connectivity index (χ1) is 27.2. The van der Waals surface area contributed by atoms with Crippen LogP contribution in [0.2, 0.25) is 5.02 Å². The Hall–Kier alpha value is -5.44. The molecular weight excluding hydrogens is 792 g/mol. The molecule has 0 fully saturated rings. The zero-order valence-corrected chi connectivity index (χ0v) is 32.8. The van der Waals surface area contributed by atoms with Crippen molar-refractivity contribution < 1.29 is 45.8 Å². The highest BCUT2D eigenvalue weighted by molar-refractivity contribution is 6.37. The Kier molecular flexibility index (Phi) is 11.7. The largest absolute Gasteiger partial charge is 0.378 e. The first-order valence-electron chi connectivity index (χ1n) is 17.9. The highest BCUT2D eigenvalue weighted by Gasteiger charge is 2.55. The number of ether oxygens (including phenoxy) is 1. The molecule has 0 unspecified atom stereocenters. The van der Waals surface area contributed by atoms with Crippen molar-refractivity contribution in [2.75, 3.05) is 19.0 Å². The summed E-state index contributed by atoms with van der Waals surface area (Å²) in [6.45, 7) is 4.31. The molecule has 18 heteroatoms. The number of halogens is 7. The molecule has 0 saturated carbocycles. The molecule has 3 heterocycles. The van der Waals surface area contributed by atoms with Crippen molar-refractivity contribution in [3.63, 3.8) is 0 Å². The number of carbonyl (C=O) groups excluding carboxylic acids is 2. The van der Waals surface area contributed by atoms with Crippen molar-refractivity contribution in [3.8, 4) is 23.0 Å². The molecule has 58 heavy (non-hydrogen) atoms. The zero-order valence-electron chi connectivity index (χ0n) is 32.0. The minimum atomic E-state index is -3.60. The van der Waals surface area contributed by atoms with Gasteiger partial charge in [-0.15, -0.1) is 0 Å². The number of amides is 2. The molecule has 0 radical (unpaired) electrons. The number of rotatable bonds is 11. The number of alkyl halides is 4. The van der Waals surface area contributed by atoms with E-state index < -0.39 is 77.2 Å². The predicted octanol–water partition coefficient (Wildman–Crippen LogP) is 7.35. The number of anilines is 1. The molecule has 11 nitrogen and oxygen atoms in total. The van der Waals surface area contributed by atoms with E-state index in [0.29, 0.717) is 32.8 Å². The van der Waals surface area contributed by atoms with Gasteiger partial charge in [-0.05, 0) is 68.0 Å². The second-order valence-corrected chi connectivity index (χ2v) is 15.0. The van der Waals surface area contributed by atoms with Crippen molar-refractivity contribution in [1.29, 1.82) is 0 Å². The summed E-state index contributed by atoms with van der Waals surface area (Å²) in [4.78, 5) is 31.3. The summed E-state index contributed by atoms with van der Waals surface area (Å²) in [5.41, 5.74) is -2.10. The minimum absolute atomic E-state index is 0.0573. The average Bonchev–Trinajstić information content (AvgIpc) is 3.72. The van der Waals surface area contributed by atoms with Crippen LogP contribution >= 0.6 is 11.6 Å². The van der Waals surface area contributed by atoms with Crippen LogP contribution in [0.4, 0.5) is 32.2 Å². The maximum Gasteiger partial charge on any atom is 0.292 e. The van der Waals surface area contributed by atoms with Crippen molar-refractivity contribution in [2.45, 2.75) is 70.6 Å². The number of nitrogens with one attached hydrogen (secondary N) is 2. The van der Waals surface area contributed by atoms with Gasteiger partial charge in [-0.25, -0.2) is 22.5 Å². The number of fused-ring (bicyclic) bond motifs is 2. The zero-order chi connectivity index (χ0) is 42.4. The maximum absolute atomic E-state index is 15.6. The minimum Gasteiger partial charge on any atom is -0.378 e. The van der Waals surface area contributed by atoms with Gasteiger partial charge in [-0.1, -0.05) is 37.4 Å². The van der Waals surface area contributed by atoms with Crippen molar-refractivity contribution in [2.24, 2.45) is 13.0 Å². The fourth-order valence-electron chi connectivity index (χ4n) is 7.14. The van der Waals surface area contributed by atoms with Crippen LogP contribution in [0.5, 0.6) is 0 Å². The fourth-order valence-corrected chi connectivity index (χ4v) is 7.39. The lowest BCUT2D eigenvalue weighted by molar-refractivity contribution is -0.123. The van der Waals surface area contributed by atoms with Crippen molar-refractivity contribution >= 4 is 40.1 Å². The standard InChI is InChI=1S/C40H38ClF6N7O4/c1-19-20(2)40(46,47)36-31(19)34(37(44)45)51-54(36)17-29(55)49-28(15-21-13-22(42)16-23(43)14-21)33-25(8-7-24(48-33)11-12-39(3,4)57)26-9-10-27(41)32-35(26)53(5)52-38(32)50-30(56)18-58-6/h7-10,13-14,16,19-20,28,37,57H,15,17-18H2,1-6H3,(H,49,55)(H,50,52,56)/t19-,20+,28-/m0/s1. The van der Waals surface area contributed by atoms with Crippen LogP contribution in [0.25, 0.3) is 22.0 Å². The number of methoxy groups -OCH3 is 1. The third-order valence-electron chi connectivity index (χ3n) is 9.82. The molecule has 6 rings (SSSR count).